The molecule has 1 heterocycles. The highest BCUT2D eigenvalue weighted by molar-refractivity contribution is 6.31. The van der Waals surface area contributed by atoms with E-state index in [0.717, 1.165) is 24.9 Å². The number of rotatable bonds is 2. The second-order valence-electron chi connectivity index (χ2n) is 4.54. The molecule has 0 spiro atoms. The summed E-state index contributed by atoms with van der Waals surface area (Å²) in [6, 6.07) is 3.75. The van der Waals surface area contributed by atoms with Crippen LogP contribution in [-0.4, -0.2) is 12.6 Å². The van der Waals surface area contributed by atoms with Crippen molar-refractivity contribution in [1.29, 1.82) is 0 Å². The van der Waals surface area contributed by atoms with Gasteiger partial charge in [0.15, 0.2) is 0 Å². The van der Waals surface area contributed by atoms with Gasteiger partial charge in [-0.1, -0.05) is 18.0 Å². The van der Waals surface area contributed by atoms with Crippen LogP contribution in [0.5, 0.6) is 0 Å². The molecule has 1 atom stereocenters. The van der Waals surface area contributed by atoms with E-state index in [4.69, 9.17) is 11.6 Å². The maximum Gasteiger partial charge on any atom is 0.126 e. The lowest BCUT2D eigenvalue weighted by Gasteiger charge is -2.24. The molecule has 1 saturated heterocycles. The molecule has 88 valence electrons. The van der Waals surface area contributed by atoms with Gasteiger partial charge in [-0.2, -0.15) is 0 Å². The number of benzene rings is 1. The minimum atomic E-state index is -0.157. The summed E-state index contributed by atoms with van der Waals surface area (Å²) in [5.74, 6) is -0.157. The standard InChI is InChI=1S/C13H17ClFN/c1-9-6-12(14)10(8-13(9)15)7-11-4-2-3-5-16-11/h6,8,11,16H,2-5,7H2,1H3. The Bertz CT molecular complexity index is 372. The van der Waals surface area contributed by atoms with Crippen molar-refractivity contribution in [2.75, 3.05) is 6.54 Å². The van der Waals surface area contributed by atoms with Crippen molar-refractivity contribution in [3.8, 4) is 0 Å². The molecule has 0 radical (unpaired) electrons. The van der Waals surface area contributed by atoms with Gasteiger partial charge in [0.25, 0.3) is 0 Å². The van der Waals surface area contributed by atoms with E-state index >= 15 is 0 Å². The topological polar surface area (TPSA) is 12.0 Å². The Kier molecular flexibility index (Phi) is 3.82. The van der Waals surface area contributed by atoms with Gasteiger partial charge in [-0.25, -0.2) is 4.39 Å². The first kappa shape index (κ1) is 11.9. The van der Waals surface area contributed by atoms with Gasteiger partial charge < -0.3 is 5.32 Å². The molecule has 1 nitrogen and oxygen atoms in total. The average molecular weight is 242 g/mol. The number of nitrogens with one attached hydrogen (secondary N) is 1. The molecule has 1 aliphatic heterocycles. The largest absolute Gasteiger partial charge is 0.314 e. The Hall–Kier alpha value is -0.600. The molecule has 2 rings (SSSR count). The first-order chi connectivity index (χ1) is 7.66. The lowest BCUT2D eigenvalue weighted by molar-refractivity contribution is 0.399. The molecular formula is C13H17ClFN. The second kappa shape index (κ2) is 5.15. The Morgan fingerprint density at radius 2 is 2.25 bits per heavy atom. The molecule has 16 heavy (non-hydrogen) atoms. The fourth-order valence-electron chi connectivity index (χ4n) is 2.21. The third-order valence-electron chi connectivity index (χ3n) is 3.21. The first-order valence-corrected chi connectivity index (χ1v) is 6.22. The molecule has 0 saturated carbocycles. The van der Waals surface area contributed by atoms with Gasteiger partial charge in [-0.3, -0.25) is 0 Å². The van der Waals surface area contributed by atoms with Crippen LogP contribution < -0.4 is 5.32 Å². The maximum absolute atomic E-state index is 13.4. The van der Waals surface area contributed by atoms with Crippen LogP contribution in [0.4, 0.5) is 4.39 Å². The fourth-order valence-corrected chi connectivity index (χ4v) is 2.50. The van der Waals surface area contributed by atoms with Crippen LogP contribution in [0.15, 0.2) is 12.1 Å². The molecule has 3 heteroatoms. The zero-order valence-corrected chi connectivity index (χ0v) is 10.3. The summed E-state index contributed by atoms with van der Waals surface area (Å²) in [6.45, 7) is 2.81. The molecule has 1 aliphatic rings. The summed E-state index contributed by atoms with van der Waals surface area (Å²) in [4.78, 5) is 0. The van der Waals surface area contributed by atoms with E-state index in [-0.39, 0.29) is 5.82 Å². The smallest absolute Gasteiger partial charge is 0.126 e. The van der Waals surface area contributed by atoms with E-state index < -0.39 is 0 Å². The van der Waals surface area contributed by atoms with E-state index in [9.17, 15) is 4.39 Å². The summed E-state index contributed by atoms with van der Waals surface area (Å²) < 4.78 is 13.4. The van der Waals surface area contributed by atoms with E-state index in [1.807, 2.05) is 0 Å². The summed E-state index contributed by atoms with van der Waals surface area (Å²) in [7, 11) is 0. The molecule has 1 fully saturated rings. The highest BCUT2D eigenvalue weighted by atomic mass is 35.5. The third-order valence-corrected chi connectivity index (χ3v) is 3.56. The Balaban J connectivity index is 2.11. The predicted octanol–water partition coefficient (Wildman–Crippen LogP) is 3.47. The lowest BCUT2D eigenvalue weighted by atomic mass is 9.97. The molecular weight excluding hydrogens is 225 g/mol. The second-order valence-corrected chi connectivity index (χ2v) is 4.95. The summed E-state index contributed by atoms with van der Waals surface area (Å²) in [5, 5.41) is 4.13. The van der Waals surface area contributed by atoms with Gasteiger partial charge in [0, 0.05) is 11.1 Å². The van der Waals surface area contributed by atoms with Crippen LogP contribution in [0.3, 0.4) is 0 Å². The fraction of sp³-hybridized carbons (Fsp3) is 0.538. The molecule has 1 unspecified atom stereocenters. The minimum absolute atomic E-state index is 0.157. The van der Waals surface area contributed by atoms with Crippen LogP contribution in [0.25, 0.3) is 0 Å². The molecule has 0 aliphatic carbocycles. The first-order valence-electron chi connectivity index (χ1n) is 5.84. The number of halogens is 2. The Labute approximate surface area is 101 Å². The third kappa shape index (κ3) is 2.74. The van der Waals surface area contributed by atoms with Crippen molar-refractivity contribution < 1.29 is 4.39 Å². The van der Waals surface area contributed by atoms with Crippen LogP contribution in [0.2, 0.25) is 5.02 Å². The van der Waals surface area contributed by atoms with Gasteiger partial charge in [-0.15, -0.1) is 0 Å². The normalized spacial score (nSPS) is 21.1. The van der Waals surface area contributed by atoms with Crippen molar-refractivity contribution in [3.05, 3.63) is 34.1 Å². The Morgan fingerprint density at radius 1 is 1.44 bits per heavy atom. The molecule has 1 N–H and O–H groups in total. The predicted molar refractivity (Wildman–Crippen MR) is 65.5 cm³/mol. The van der Waals surface area contributed by atoms with Gasteiger partial charge in [-0.05, 0) is 56.0 Å². The molecule has 1 aromatic carbocycles. The van der Waals surface area contributed by atoms with Gasteiger partial charge >= 0.3 is 0 Å². The zero-order chi connectivity index (χ0) is 11.5. The van der Waals surface area contributed by atoms with Crippen molar-refractivity contribution in [2.24, 2.45) is 0 Å². The van der Waals surface area contributed by atoms with Crippen molar-refractivity contribution in [1.82, 2.24) is 5.32 Å². The molecule has 0 amide bonds. The average Bonchev–Trinajstić information content (AvgIpc) is 2.27. The molecule has 1 aromatic rings. The molecule has 0 bridgehead atoms. The summed E-state index contributed by atoms with van der Waals surface area (Å²) in [6.07, 6.45) is 4.48. The van der Waals surface area contributed by atoms with E-state index in [0.29, 0.717) is 16.6 Å². The van der Waals surface area contributed by atoms with Crippen LogP contribution in [0.1, 0.15) is 30.4 Å². The van der Waals surface area contributed by atoms with Crippen molar-refractivity contribution in [3.63, 3.8) is 0 Å². The minimum Gasteiger partial charge on any atom is -0.314 e. The van der Waals surface area contributed by atoms with Gasteiger partial charge in [0.2, 0.25) is 0 Å². The highest BCUT2D eigenvalue weighted by Crippen LogP contribution is 2.23. The quantitative estimate of drug-likeness (QED) is 0.836. The number of piperidine rings is 1. The summed E-state index contributed by atoms with van der Waals surface area (Å²) in [5.41, 5.74) is 1.54. The van der Waals surface area contributed by atoms with Crippen LogP contribution in [-0.2, 0) is 6.42 Å². The monoisotopic (exact) mass is 241 g/mol. The van der Waals surface area contributed by atoms with Crippen molar-refractivity contribution in [2.45, 2.75) is 38.6 Å². The van der Waals surface area contributed by atoms with E-state index in [2.05, 4.69) is 5.32 Å². The van der Waals surface area contributed by atoms with E-state index in [1.54, 1.807) is 19.1 Å². The van der Waals surface area contributed by atoms with Gasteiger partial charge in [0.1, 0.15) is 5.82 Å². The number of aryl methyl sites for hydroxylation is 1. The van der Waals surface area contributed by atoms with E-state index in [1.165, 1.54) is 12.8 Å². The highest BCUT2D eigenvalue weighted by Gasteiger charge is 2.15. The lowest BCUT2D eigenvalue weighted by Crippen LogP contribution is -2.35. The zero-order valence-electron chi connectivity index (χ0n) is 9.52. The summed E-state index contributed by atoms with van der Waals surface area (Å²) >= 11 is 6.13. The SMILES string of the molecule is Cc1cc(Cl)c(CC2CCCCN2)cc1F. The Morgan fingerprint density at radius 3 is 2.94 bits per heavy atom. The van der Waals surface area contributed by atoms with Crippen LogP contribution >= 0.6 is 11.6 Å². The van der Waals surface area contributed by atoms with Crippen molar-refractivity contribution >= 4 is 11.6 Å². The van der Waals surface area contributed by atoms with Crippen LogP contribution in [0, 0.1) is 12.7 Å². The number of hydrogen-bond donors (Lipinski definition) is 1. The number of hydrogen-bond acceptors (Lipinski definition) is 1. The maximum atomic E-state index is 13.4. The van der Waals surface area contributed by atoms with Gasteiger partial charge in [0.05, 0.1) is 0 Å². The molecule has 0 aromatic heterocycles.